The van der Waals surface area contributed by atoms with E-state index in [0.717, 1.165) is 19.5 Å². The Labute approximate surface area is 121 Å². The lowest BCUT2D eigenvalue weighted by molar-refractivity contribution is -0.174. The minimum atomic E-state index is -4.22. The molecule has 0 radical (unpaired) electrons. The second-order valence-electron chi connectivity index (χ2n) is 6.93. The number of nitrogens with one attached hydrogen (secondary N) is 1. The predicted octanol–water partition coefficient (Wildman–Crippen LogP) is 4.25. The van der Waals surface area contributed by atoms with E-state index in [2.05, 4.69) is 44.7 Å². The normalized spacial score (nSPS) is 14.8. The third-order valence-electron chi connectivity index (χ3n) is 3.28. The minimum absolute atomic E-state index is 0.147. The molecule has 0 aliphatic heterocycles. The summed E-state index contributed by atoms with van der Waals surface area (Å²) in [7, 11) is 0. The fraction of sp³-hybridized carbons (Fsp3) is 1.00. The number of hydrogen-bond donors (Lipinski definition) is 1. The second-order valence-corrected chi connectivity index (χ2v) is 6.93. The van der Waals surface area contributed by atoms with Crippen LogP contribution in [0.5, 0.6) is 0 Å². The molecule has 0 bridgehead atoms. The van der Waals surface area contributed by atoms with E-state index in [1.165, 1.54) is 0 Å². The van der Waals surface area contributed by atoms with E-state index in [-0.39, 0.29) is 12.0 Å². The molecule has 0 saturated carbocycles. The van der Waals surface area contributed by atoms with Crippen molar-refractivity contribution >= 4 is 0 Å². The van der Waals surface area contributed by atoms with Crippen molar-refractivity contribution in [3.05, 3.63) is 0 Å². The van der Waals surface area contributed by atoms with Crippen molar-refractivity contribution in [1.82, 2.24) is 5.32 Å². The zero-order chi connectivity index (χ0) is 15.8. The highest BCUT2D eigenvalue weighted by atomic mass is 19.4. The number of rotatable bonds is 9. The van der Waals surface area contributed by atoms with Crippen LogP contribution < -0.4 is 5.32 Å². The van der Waals surface area contributed by atoms with Gasteiger partial charge in [0.1, 0.15) is 6.61 Å². The van der Waals surface area contributed by atoms with Gasteiger partial charge in [-0.05, 0) is 43.2 Å². The molecule has 0 heterocycles. The molecule has 0 aromatic heterocycles. The lowest BCUT2D eigenvalue weighted by Crippen LogP contribution is -2.33. The van der Waals surface area contributed by atoms with E-state index in [4.69, 9.17) is 0 Å². The van der Waals surface area contributed by atoms with Gasteiger partial charge >= 0.3 is 6.18 Å². The van der Waals surface area contributed by atoms with Crippen molar-refractivity contribution in [3.63, 3.8) is 0 Å². The summed E-state index contributed by atoms with van der Waals surface area (Å²) in [5, 5.41) is 3.44. The van der Waals surface area contributed by atoms with Crippen molar-refractivity contribution in [2.24, 2.45) is 17.3 Å². The SMILES string of the molecule is CC(C)CNCC(CCCOCC(F)(F)F)C(C)(C)C. The summed E-state index contributed by atoms with van der Waals surface area (Å²) in [6.45, 7) is 11.7. The van der Waals surface area contributed by atoms with Gasteiger partial charge in [0.05, 0.1) is 0 Å². The van der Waals surface area contributed by atoms with Crippen molar-refractivity contribution in [1.29, 1.82) is 0 Å². The summed E-state index contributed by atoms with van der Waals surface area (Å²) >= 11 is 0. The van der Waals surface area contributed by atoms with E-state index >= 15 is 0 Å². The Balaban J connectivity index is 3.94. The molecule has 0 rings (SSSR count). The average Bonchev–Trinajstić information content (AvgIpc) is 2.22. The smallest absolute Gasteiger partial charge is 0.372 e. The topological polar surface area (TPSA) is 21.3 Å². The summed E-state index contributed by atoms with van der Waals surface area (Å²) < 4.78 is 40.5. The molecule has 0 spiro atoms. The van der Waals surface area contributed by atoms with Gasteiger partial charge in [-0.2, -0.15) is 13.2 Å². The maximum atomic E-state index is 11.9. The average molecular weight is 297 g/mol. The van der Waals surface area contributed by atoms with Crippen molar-refractivity contribution in [2.45, 2.75) is 53.6 Å². The summed E-state index contributed by atoms with van der Waals surface area (Å²) in [6.07, 6.45) is -2.67. The van der Waals surface area contributed by atoms with E-state index in [0.29, 0.717) is 18.3 Å². The third-order valence-corrected chi connectivity index (χ3v) is 3.28. The molecule has 0 amide bonds. The van der Waals surface area contributed by atoms with Crippen LogP contribution in [0.15, 0.2) is 0 Å². The molecule has 1 N–H and O–H groups in total. The van der Waals surface area contributed by atoms with Gasteiger partial charge in [0.2, 0.25) is 0 Å². The number of ether oxygens (including phenoxy) is 1. The molecule has 0 aromatic carbocycles. The van der Waals surface area contributed by atoms with Crippen LogP contribution in [0.1, 0.15) is 47.5 Å². The van der Waals surface area contributed by atoms with Gasteiger partial charge < -0.3 is 10.1 Å². The summed E-state index contributed by atoms with van der Waals surface area (Å²) in [5.41, 5.74) is 0.147. The molecule has 0 fully saturated rings. The molecule has 0 aliphatic carbocycles. The monoisotopic (exact) mass is 297 g/mol. The van der Waals surface area contributed by atoms with Gasteiger partial charge in [0, 0.05) is 6.61 Å². The second kappa shape index (κ2) is 8.88. The van der Waals surface area contributed by atoms with Crippen LogP contribution >= 0.6 is 0 Å². The molecule has 1 unspecified atom stereocenters. The number of alkyl halides is 3. The van der Waals surface area contributed by atoms with Crippen LogP contribution in [0, 0.1) is 17.3 Å². The number of hydrogen-bond acceptors (Lipinski definition) is 2. The molecular weight excluding hydrogens is 267 g/mol. The van der Waals surface area contributed by atoms with Crippen molar-refractivity contribution < 1.29 is 17.9 Å². The van der Waals surface area contributed by atoms with Crippen LogP contribution in [0.2, 0.25) is 0 Å². The van der Waals surface area contributed by atoms with Gasteiger partial charge in [0.15, 0.2) is 0 Å². The van der Waals surface area contributed by atoms with Crippen LogP contribution in [-0.2, 0) is 4.74 Å². The first-order valence-electron chi connectivity index (χ1n) is 7.37. The molecule has 0 saturated heterocycles. The Morgan fingerprint density at radius 1 is 1.05 bits per heavy atom. The molecule has 20 heavy (non-hydrogen) atoms. The highest BCUT2D eigenvalue weighted by Crippen LogP contribution is 2.29. The Hall–Kier alpha value is -0.290. The van der Waals surface area contributed by atoms with Gasteiger partial charge in [-0.3, -0.25) is 0 Å². The molecule has 5 heteroatoms. The maximum absolute atomic E-state index is 11.9. The van der Waals surface area contributed by atoms with E-state index in [1.54, 1.807) is 0 Å². The highest BCUT2D eigenvalue weighted by molar-refractivity contribution is 4.76. The Kier molecular flexibility index (Phi) is 8.75. The quantitative estimate of drug-likeness (QED) is 0.642. The summed E-state index contributed by atoms with van der Waals surface area (Å²) in [5.74, 6) is 1.04. The molecule has 2 nitrogen and oxygen atoms in total. The Morgan fingerprint density at radius 2 is 1.65 bits per heavy atom. The maximum Gasteiger partial charge on any atom is 0.411 e. The molecule has 1 atom stereocenters. The fourth-order valence-corrected chi connectivity index (χ4v) is 2.01. The summed E-state index contributed by atoms with van der Waals surface area (Å²) in [6, 6.07) is 0. The zero-order valence-corrected chi connectivity index (χ0v) is 13.4. The van der Waals surface area contributed by atoms with E-state index in [1.807, 2.05) is 0 Å². The first kappa shape index (κ1) is 19.7. The van der Waals surface area contributed by atoms with E-state index < -0.39 is 12.8 Å². The van der Waals surface area contributed by atoms with Crippen molar-refractivity contribution in [3.8, 4) is 0 Å². The first-order valence-corrected chi connectivity index (χ1v) is 7.37. The largest absolute Gasteiger partial charge is 0.411 e. The Bertz CT molecular complexity index is 246. The molecular formula is C15H30F3NO. The standard InChI is InChI=1S/C15H30F3NO/c1-12(2)9-19-10-13(14(3,4)5)7-6-8-20-11-15(16,17)18/h12-13,19H,6-11H2,1-5H3. The van der Waals surface area contributed by atoms with Gasteiger partial charge in [-0.25, -0.2) is 0 Å². The molecule has 0 aromatic rings. The van der Waals surface area contributed by atoms with Gasteiger partial charge in [-0.1, -0.05) is 34.6 Å². The number of halogens is 3. The van der Waals surface area contributed by atoms with E-state index in [9.17, 15) is 13.2 Å². The zero-order valence-electron chi connectivity index (χ0n) is 13.4. The van der Waals surface area contributed by atoms with Crippen LogP contribution in [0.3, 0.4) is 0 Å². The fourth-order valence-electron chi connectivity index (χ4n) is 2.01. The first-order chi connectivity index (χ1) is 9.02. The minimum Gasteiger partial charge on any atom is -0.372 e. The van der Waals surface area contributed by atoms with Crippen LogP contribution in [0.25, 0.3) is 0 Å². The van der Waals surface area contributed by atoms with Gasteiger partial charge in [0.25, 0.3) is 0 Å². The predicted molar refractivity (Wildman–Crippen MR) is 76.8 cm³/mol. The third kappa shape index (κ3) is 11.5. The lowest BCUT2D eigenvalue weighted by atomic mass is 9.78. The lowest BCUT2D eigenvalue weighted by Gasteiger charge is -2.31. The molecule has 122 valence electrons. The Morgan fingerprint density at radius 3 is 2.10 bits per heavy atom. The van der Waals surface area contributed by atoms with Crippen molar-refractivity contribution in [2.75, 3.05) is 26.3 Å². The van der Waals surface area contributed by atoms with Crippen LogP contribution in [0.4, 0.5) is 13.2 Å². The highest BCUT2D eigenvalue weighted by Gasteiger charge is 2.27. The summed E-state index contributed by atoms with van der Waals surface area (Å²) in [4.78, 5) is 0. The molecule has 0 aliphatic rings. The van der Waals surface area contributed by atoms with Crippen LogP contribution in [-0.4, -0.2) is 32.5 Å². The van der Waals surface area contributed by atoms with Gasteiger partial charge in [-0.15, -0.1) is 0 Å².